The van der Waals surface area contributed by atoms with Gasteiger partial charge in [0, 0.05) is 17.7 Å². The number of rotatable bonds is 2. The van der Waals surface area contributed by atoms with Gasteiger partial charge in [-0.1, -0.05) is 42.5 Å². The minimum atomic E-state index is 0.272. The lowest BCUT2D eigenvalue weighted by Crippen LogP contribution is -1.84. The lowest BCUT2D eigenvalue weighted by atomic mass is 10.0. The average Bonchev–Trinajstić information content (AvgIpc) is 2.63. The Bertz CT molecular complexity index is 1080. The van der Waals surface area contributed by atoms with E-state index >= 15 is 0 Å². The van der Waals surface area contributed by atoms with Crippen molar-refractivity contribution in [1.29, 1.82) is 0 Å². The molecule has 4 rings (SSSR count). The number of phenolic OH excluding ortho intramolecular Hbond substituents is 1. The Hall–Kier alpha value is -3.13. The number of benzene rings is 3. The van der Waals surface area contributed by atoms with Crippen molar-refractivity contribution in [2.24, 2.45) is 0 Å². The summed E-state index contributed by atoms with van der Waals surface area (Å²) in [6.45, 7) is 1.99. The Balaban J connectivity index is 1.86. The number of fused-ring (bicyclic) bond motifs is 2. The van der Waals surface area contributed by atoms with E-state index in [2.05, 4.69) is 6.07 Å². The number of hydrogen-bond acceptors (Lipinski definition) is 1. The van der Waals surface area contributed by atoms with Crippen molar-refractivity contribution in [1.82, 2.24) is 0 Å². The summed E-state index contributed by atoms with van der Waals surface area (Å²) in [7, 11) is 0. The standard InChI is InChI=1S/C22H16O2/c1-15(21-13-11-17-7-3-5-9-22(17)24-21)14-19-18-8-4-2-6-16(18)10-12-20(19)23/h2-14H,1H3/p+1. The molecule has 2 nitrogen and oxygen atoms in total. The summed E-state index contributed by atoms with van der Waals surface area (Å²) in [5.41, 5.74) is 2.63. The van der Waals surface area contributed by atoms with Crippen molar-refractivity contribution >= 4 is 33.4 Å². The van der Waals surface area contributed by atoms with Crippen LogP contribution in [0.15, 0.2) is 77.2 Å². The summed E-state index contributed by atoms with van der Waals surface area (Å²) in [5.74, 6) is 1.06. The van der Waals surface area contributed by atoms with Crippen molar-refractivity contribution in [3.63, 3.8) is 0 Å². The molecule has 0 saturated heterocycles. The molecule has 0 aliphatic heterocycles. The van der Waals surface area contributed by atoms with Gasteiger partial charge in [0.05, 0.1) is 11.0 Å². The first-order valence-corrected chi connectivity index (χ1v) is 7.94. The van der Waals surface area contributed by atoms with Crippen LogP contribution < -0.4 is 0 Å². The topological polar surface area (TPSA) is 31.5 Å². The number of phenols is 1. The molecule has 2 heteroatoms. The second-order valence-corrected chi connectivity index (χ2v) is 5.88. The van der Waals surface area contributed by atoms with E-state index in [1.54, 1.807) is 6.07 Å². The SMILES string of the molecule is CC(=Cc1c(O)ccc2ccccc12)c1ccc2ccccc2[o+]1. The third kappa shape index (κ3) is 2.52. The third-order valence-electron chi connectivity index (χ3n) is 4.25. The summed E-state index contributed by atoms with van der Waals surface area (Å²) in [6.07, 6.45) is 1.98. The monoisotopic (exact) mass is 313 g/mol. The van der Waals surface area contributed by atoms with Gasteiger partial charge in [0.25, 0.3) is 0 Å². The molecular formula is C22H17O2+. The van der Waals surface area contributed by atoms with Crippen LogP contribution in [0.25, 0.3) is 33.4 Å². The fourth-order valence-corrected chi connectivity index (χ4v) is 2.96. The molecule has 0 atom stereocenters. The minimum absolute atomic E-state index is 0.272. The van der Waals surface area contributed by atoms with Gasteiger partial charge in [0.2, 0.25) is 0 Å². The lowest BCUT2D eigenvalue weighted by molar-refractivity contribution is 0.475. The molecule has 0 aliphatic carbocycles. The Morgan fingerprint density at radius 2 is 1.54 bits per heavy atom. The van der Waals surface area contributed by atoms with Crippen LogP contribution in [0.2, 0.25) is 0 Å². The maximum absolute atomic E-state index is 10.3. The summed E-state index contributed by atoms with van der Waals surface area (Å²) in [4.78, 5) is 0. The molecule has 4 aromatic rings. The molecule has 1 aromatic heterocycles. The van der Waals surface area contributed by atoms with E-state index in [1.165, 1.54) is 0 Å². The molecule has 0 bridgehead atoms. The fraction of sp³-hybridized carbons (Fsp3) is 0.0455. The summed E-state index contributed by atoms with van der Waals surface area (Å²) in [5, 5.41) is 13.5. The molecule has 1 N–H and O–H groups in total. The first kappa shape index (κ1) is 14.5. The minimum Gasteiger partial charge on any atom is -0.507 e. The number of para-hydroxylation sites is 1. The fourth-order valence-electron chi connectivity index (χ4n) is 2.96. The Morgan fingerprint density at radius 3 is 2.42 bits per heavy atom. The molecule has 1 heterocycles. The Kier molecular flexibility index (Phi) is 3.51. The van der Waals surface area contributed by atoms with Gasteiger partial charge in [0.1, 0.15) is 5.75 Å². The van der Waals surface area contributed by atoms with Gasteiger partial charge in [0.15, 0.2) is 0 Å². The maximum atomic E-state index is 10.3. The molecule has 0 radical (unpaired) electrons. The average molecular weight is 313 g/mol. The highest BCUT2D eigenvalue weighted by molar-refractivity contribution is 5.97. The van der Waals surface area contributed by atoms with Crippen LogP contribution in [0.3, 0.4) is 0 Å². The molecule has 0 amide bonds. The van der Waals surface area contributed by atoms with E-state index in [9.17, 15) is 5.11 Å². The summed E-state index contributed by atoms with van der Waals surface area (Å²) < 4.78 is 6.00. The van der Waals surface area contributed by atoms with E-state index in [1.807, 2.05) is 73.7 Å². The van der Waals surface area contributed by atoms with Crippen molar-refractivity contribution in [3.8, 4) is 5.75 Å². The van der Waals surface area contributed by atoms with E-state index < -0.39 is 0 Å². The number of allylic oxidation sites excluding steroid dienone is 1. The Labute approximate surface area is 140 Å². The predicted octanol–water partition coefficient (Wildman–Crippen LogP) is 6.13. The van der Waals surface area contributed by atoms with Gasteiger partial charge in [-0.05, 0) is 42.0 Å². The molecule has 24 heavy (non-hydrogen) atoms. The number of hydrogen-bond donors (Lipinski definition) is 1. The number of aromatic hydroxyl groups is 1. The predicted molar refractivity (Wildman–Crippen MR) is 99.8 cm³/mol. The van der Waals surface area contributed by atoms with Gasteiger partial charge < -0.3 is 5.11 Å². The van der Waals surface area contributed by atoms with Crippen molar-refractivity contribution in [2.45, 2.75) is 6.92 Å². The van der Waals surface area contributed by atoms with E-state index in [-0.39, 0.29) is 5.75 Å². The zero-order valence-electron chi connectivity index (χ0n) is 13.4. The maximum Gasteiger partial charge on any atom is 0.360 e. The highest BCUT2D eigenvalue weighted by atomic mass is 16.3. The smallest absolute Gasteiger partial charge is 0.360 e. The summed E-state index contributed by atoms with van der Waals surface area (Å²) in [6, 6.07) is 23.7. The van der Waals surface area contributed by atoms with E-state index in [0.29, 0.717) is 0 Å². The van der Waals surface area contributed by atoms with Crippen molar-refractivity contribution < 1.29 is 9.52 Å². The Morgan fingerprint density at radius 1 is 0.833 bits per heavy atom. The van der Waals surface area contributed by atoms with Crippen LogP contribution in [-0.2, 0) is 0 Å². The molecule has 0 saturated carbocycles. The van der Waals surface area contributed by atoms with E-state index in [0.717, 1.165) is 38.6 Å². The van der Waals surface area contributed by atoms with E-state index in [4.69, 9.17) is 4.42 Å². The van der Waals surface area contributed by atoms with Crippen LogP contribution >= 0.6 is 0 Å². The second-order valence-electron chi connectivity index (χ2n) is 5.88. The van der Waals surface area contributed by atoms with Crippen LogP contribution in [0.4, 0.5) is 0 Å². The third-order valence-corrected chi connectivity index (χ3v) is 4.25. The molecule has 3 aromatic carbocycles. The zero-order chi connectivity index (χ0) is 16.5. The highest BCUT2D eigenvalue weighted by Crippen LogP contribution is 2.31. The summed E-state index contributed by atoms with van der Waals surface area (Å²) >= 11 is 0. The van der Waals surface area contributed by atoms with Gasteiger partial charge in [-0.25, -0.2) is 4.42 Å². The zero-order valence-corrected chi connectivity index (χ0v) is 13.4. The first-order chi connectivity index (χ1) is 11.7. The first-order valence-electron chi connectivity index (χ1n) is 7.94. The van der Waals surface area contributed by atoms with Crippen LogP contribution in [0.1, 0.15) is 18.2 Å². The molecule has 0 aliphatic rings. The highest BCUT2D eigenvalue weighted by Gasteiger charge is 2.14. The quantitative estimate of drug-likeness (QED) is 0.451. The molecule has 0 unspecified atom stereocenters. The molecule has 0 fully saturated rings. The van der Waals surface area contributed by atoms with Gasteiger partial charge >= 0.3 is 11.3 Å². The van der Waals surface area contributed by atoms with Crippen molar-refractivity contribution in [3.05, 3.63) is 84.1 Å². The van der Waals surface area contributed by atoms with Gasteiger partial charge in [-0.2, -0.15) is 0 Å². The van der Waals surface area contributed by atoms with Crippen molar-refractivity contribution in [2.75, 3.05) is 0 Å². The normalized spacial score (nSPS) is 12.0. The van der Waals surface area contributed by atoms with Crippen LogP contribution in [0.5, 0.6) is 5.75 Å². The molecular weight excluding hydrogens is 296 g/mol. The molecule has 116 valence electrons. The van der Waals surface area contributed by atoms with Crippen LogP contribution in [-0.4, -0.2) is 5.11 Å². The second kappa shape index (κ2) is 5.82. The van der Waals surface area contributed by atoms with Gasteiger partial charge in [-0.15, -0.1) is 0 Å². The van der Waals surface area contributed by atoms with Crippen LogP contribution in [0, 0.1) is 0 Å². The largest absolute Gasteiger partial charge is 0.507 e. The van der Waals surface area contributed by atoms with Gasteiger partial charge in [-0.3, -0.25) is 0 Å². The molecule has 0 spiro atoms. The lowest BCUT2D eigenvalue weighted by Gasteiger charge is -2.05.